The Labute approximate surface area is 129 Å². The number of thioether (sulfide) groups is 1. The summed E-state index contributed by atoms with van der Waals surface area (Å²) in [4.78, 5) is 16.3. The van der Waals surface area contributed by atoms with Crippen molar-refractivity contribution in [1.29, 1.82) is 0 Å². The number of thiazole rings is 1. The molecular formula is C15H12N2O2S2. The fourth-order valence-electron chi connectivity index (χ4n) is 1.81. The van der Waals surface area contributed by atoms with Crippen molar-refractivity contribution in [3.8, 4) is 5.75 Å². The Kier molecular flexibility index (Phi) is 4.08. The first-order valence-electron chi connectivity index (χ1n) is 6.28. The number of anilines is 1. The molecule has 0 bridgehead atoms. The third-order valence-electron chi connectivity index (χ3n) is 2.78. The number of nitrogens with one attached hydrogen (secondary N) is 1. The van der Waals surface area contributed by atoms with Crippen LogP contribution < -0.4 is 5.32 Å². The molecule has 2 aromatic carbocycles. The number of hydrogen-bond acceptors (Lipinski definition) is 5. The summed E-state index contributed by atoms with van der Waals surface area (Å²) in [6.07, 6.45) is 0. The summed E-state index contributed by atoms with van der Waals surface area (Å²) in [5.74, 6) is 0.158. The largest absolute Gasteiger partial charge is 0.506 e. The van der Waals surface area contributed by atoms with Crippen molar-refractivity contribution in [2.75, 3.05) is 11.1 Å². The number of phenols is 1. The molecule has 6 heteroatoms. The smallest absolute Gasteiger partial charge is 0.234 e. The van der Waals surface area contributed by atoms with Crippen LogP contribution in [0.3, 0.4) is 0 Å². The molecule has 0 spiro atoms. The number of aromatic hydroxyl groups is 1. The molecule has 1 amide bonds. The SMILES string of the molecule is O=C(CSc1nc2ccccc2s1)Nc1ccccc1O. The lowest BCUT2D eigenvalue weighted by Crippen LogP contribution is -2.13. The highest BCUT2D eigenvalue weighted by atomic mass is 32.2. The average molecular weight is 316 g/mol. The number of amides is 1. The van der Waals surface area contributed by atoms with E-state index in [4.69, 9.17) is 0 Å². The molecule has 1 aromatic heterocycles. The van der Waals surface area contributed by atoms with Crippen LogP contribution in [0.5, 0.6) is 5.75 Å². The zero-order valence-electron chi connectivity index (χ0n) is 10.9. The quantitative estimate of drug-likeness (QED) is 0.568. The number of fused-ring (bicyclic) bond motifs is 1. The normalized spacial score (nSPS) is 10.7. The van der Waals surface area contributed by atoms with Crippen LogP contribution in [0.25, 0.3) is 10.2 Å². The van der Waals surface area contributed by atoms with Crippen LogP contribution in [-0.2, 0) is 4.79 Å². The second kappa shape index (κ2) is 6.15. The molecule has 0 unspecified atom stereocenters. The van der Waals surface area contributed by atoms with Gasteiger partial charge in [0.2, 0.25) is 5.91 Å². The predicted octanol–water partition coefficient (Wildman–Crippen LogP) is 3.73. The molecule has 21 heavy (non-hydrogen) atoms. The fourth-order valence-corrected chi connectivity index (χ4v) is 3.67. The Morgan fingerprint density at radius 3 is 2.76 bits per heavy atom. The van der Waals surface area contributed by atoms with Crippen molar-refractivity contribution in [2.45, 2.75) is 4.34 Å². The predicted molar refractivity (Wildman–Crippen MR) is 87.1 cm³/mol. The Hall–Kier alpha value is -2.05. The van der Waals surface area contributed by atoms with Gasteiger partial charge in [0, 0.05) is 0 Å². The van der Waals surface area contributed by atoms with Crippen molar-refractivity contribution in [1.82, 2.24) is 4.98 Å². The number of para-hydroxylation sites is 3. The molecule has 0 saturated carbocycles. The van der Waals surface area contributed by atoms with Gasteiger partial charge in [-0.05, 0) is 24.3 Å². The van der Waals surface area contributed by atoms with E-state index in [0.29, 0.717) is 5.69 Å². The minimum absolute atomic E-state index is 0.0656. The summed E-state index contributed by atoms with van der Waals surface area (Å²) in [5.41, 5.74) is 1.37. The monoisotopic (exact) mass is 316 g/mol. The van der Waals surface area contributed by atoms with Gasteiger partial charge < -0.3 is 10.4 Å². The summed E-state index contributed by atoms with van der Waals surface area (Å²) in [6.45, 7) is 0. The Morgan fingerprint density at radius 2 is 1.95 bits per heavy atom. The lowest BCUT2D eigenvalue weighted by molar-refractivity contribution is -0.113. The first kappa shape index (κ1) is 13.9. The van der Waals surface area contributed by atoms with Crippen molar-refractivity contribution in [2.24, 2.45) is 0 Å². The summed E-state index contributed by atoms with van der Waals surface area (Å²) in [6, 6.07) is 14.6. The van der Waals surface area contributed by atoms with Gasteiger partial charge in [-0.2, -0.15) is 0 Å². The van der Waals surface area contributed by atoms with Crippen LogP contribution in [-0.4, -0.2) is 21.8 Å². The highest BCUT2D eigenvalue weighted by molar-refractivity contribution is 8.01. The standard InChI is InChI=1S/C15H12N2O2S2/c18-12-7-3-1-5-10(12)16-14(19)9-20-15-17-11-6-2-4-8-13(11)21-15/h1-8,18H,9H2,(H,16,19). The van der Waals surface area contributed by atoms with E-state index in [2.05, 4.69) is 10.3 Å². The molecule has 2 N–H and O–H groups in total. The van der Waals surface area contributed by atoms with Gasteiger partial charge in [0.05, 0.1) is 21.7 Å². The van der Waals surface area contributed by atoms with Crippen LogP contribution >= 0.6 is 23.1 Å². The van der Waals surface area contributed by atoms with Crippen molar-refractivity contribution >= 4 is 44.9 Å². The van der Waals surface area contributed by atoms with E-state index in [1.165, 1.54) is 17.8 Å². The van der Waals surface area contributed by atoms with Crippen LogP contribution in [0.2, 0.25) is 0 Å². The molecule has 106 valence electrons. The molecule has 0 aliphatic heterocycles. The molecule has 3 rings (SSSR count). The lowest BCUT2D eigenvalue weighted by atomic mass is 10.3. The Balaban J connectivity index is 1.62. The van der Waals surface area contributed by atoms with Gasteiger partial charge in [-0.25, -0.2) is 4.98 Å². The first-order chi connectivity index (χ1) is 10.2. The molecule has 0 radical (unpaired) electrons. The highest BCUT2D eigenvalue weighted by Gasteiger charge is 2.09. The van der Waals surface area contributed by atoms with Crippen LogP contribution in [0.1, 0.15) is 0 Å². The molecular weight excluding hydrogens is 304 g/mol. The van der Waals surface area contributed by atoms with E-state index in [1.807, 2.05) is 24.3 Å². The Bertz CT molecular complexity index is 753. The molecule has 0 aliphatic rings. The lowest BCUT2D eigenvalue weighted by Gasteiger charge is -2.05. The van der Waals surface area contributed by atoms with Gasteiger partial charge in [0.25, 0.3) is 0 Å². The molecule has 0 atom stereocenters. The number of carbonyl (C=O) groups is 1. The molecule has 3 aromatic rings. The van der Waals surface area contributed by atoms with Crippen LogP contribution in [0.4, 0.5) is 5.69 Å². The summed E-state index contributed by atoms with van der Waals surface area (Å²) in [7, 11) is 0. The highest BCUT2D eigenvalue weighted by Crippen LogP contribution is 2.29. The number of phenolic OH excluding ortho intramolecular Hbond substituents is 1. The summed E-state index contributed by atoms with van der Waals surface area (Å²) >= 11 is 2.96. The van der Waals surface area contributed by atoms with E-state index < -0.39 is 0 Å². The third-order valence-corrected chi connectivity index (χ3v) is 4.96. The number of benzene rings is 2. The van der Waals surface area contributed by atoms with Crippen LogP contribution in [0, 0.1) is 0 Å². The number of hydrogen-bond donors (Lipinski definition) is 2. The van der Waals surface area contributed by atoms with Gasteiger partial charge in [0.1, 0.15) is 5.75 Å². The van der Waals surface area contributed by atoms with Gasteiger partial charge in [0.15, 0.2) is 4.34 Å². The first-order valence-corrected chi connectivity index (χ1v) is 8.09. The van der Waals surface area contributed by atoms with Crippen molar-refractivity contribution in [3.05, 3.63) is 48.5 Å². The number of carbonyl (C=O) groups excluding carboxylic acids is 1. The van der Waals surface area contributed by atoms with Gasteiger partial charge in [-0.15, -0.1) is 11.3 Å². The maximum absolute atomic E-state index is 11.9. The van der Waals surface area contributed by atoms with E-state index in [1.54, 1.807) is 29.5 Å². The van der Waals surface area contributed by atoms with E-state index in [-0.39, 0.29) is 17.4 Å². The number of rotatable bonds is 4. The zero-order chi connectivity index (χ0) is 14.7. The Morgan fingerprint density at radius 1 is 1.19 bits per heavy atom. The van der Waals surface area contributed by atoms with Crippen molar-refractivity contribution < 1.29 is 9.90 Å². The average Bonchev–Trinajstić information content (AvgIpc) is 2.90. The minimum Gasteiger partial charge on any atom is -0.506 e. The molecule has 4 nitrogen and oxygen atoms in total. The van der Waals surface area contributed by atoms with Gasteiger partial charge in [-0.1, -0.05) is 36.0 Å². The van der Waals surface area contributed by atoms with E-state index in [0.717, 1.165) is 14.6 Å². The fraction of sp³-hybridized carbons (Fsp3) is 0.0667. The summed E-state index contributed by atoms with van der Waals surface area (Å²) < 4.78 is 1.98. The second-order valence-corrected chi connectivity index (χ2v) is 6.55. The zero-order valence-corrected chi connectivity index (χ0v) is 12.6. The third kappa shape index (κ3) is 3.34. The van der Waals surface area contributed by atoms with Gasteiger partial charge in [-0.3, -0.25) is 4.79 Å². The maximum Gasteiger partial charge on any atom is 0.234 e. The van der Waals surface area contributed by atoms with Crippen LogP contribution in [0.15, 0.2) is 52.9 Å². The maximum atomic E-state index is 11.9. The topological polar surface area (TPSA) is 62.2 Å². The minimum atomic E-state index is -0.166. The molecule has 0 saturated heterocycles. The van der Waals surface area contributed by atoms with E-state index >= 15 is 0 Å². The molecule has 0 fully saturated rings. The molecule has 1 heterocycles. The summed E-state index contributed by atoms with van der Waals surface area (Å²) in [5, 5.41) is 12.3. The van der Waals surface area contributed by atoms with E-state index in [9.17, 15) is 9.90 Å². The number of aromatic nitrogens is 1. The molecule has 0 aliphatic carbocycles. The second-order valence-electron chi connectivity index (χ2n) is 4.30. The number of nitrogens with zero attached hydrogens (tertiary/aromatic N) is 1. The van der Waals surface area contributed by atoms with Crippen molar-refractivity contribution in [3.63, 3.8) is 0 Å². The van der Waals surface area contributed by atoms with Gasteiger partial charge >= 0.3 is 0 Å².